The summed E-state index contributed by atoms with van der Waals surface area (Å²) in [5.41, 5.74) is 2.72. The zero-order valence-corrected chi connectivity index (χ0v) is 23.6. The first-order valence-corrected chi connectivity index (χ1v) is 15.2. The highest BCUT2D eigenvalue weighted by Crippen LogP contribution is 2.32. The van der Waals surface area contributed by atoms with Crippen LogP contribution >= 0.6 is 11.6 Å². The second-order valence-electron chi connectivity index (χ2n) is 9.71. The molecule has 9 heteroatoms. The summed E-state index contributed by atoms with van der Waals surface area (Å²) in [6.07, 6.45) is 6.50. The molecule has 0 heterocycles. The van der Waals surface area contributed by atoms with Gasteiger partial charge in [0, 0.05) is 23.4 Å². The van der Waals surface area contributed by atoms with E-state index in [0.29, 0.717) is 37.1 Å². The first-order valence-electron chi connectivity index (χ1n) is 13.3. The molecule has 1 fully saturated rings. The van der Waals surface area contributed by atoms with Crippen molar-refractivity contribution in [1.82, 2.24) is 4.72 Å². The van der Waals surface area contributed by atoms with Crippen LogP contribution in [0.15, 0.2) is 107 Å². The first kappa shape index (κ1) is 29.5. The number of carboxylic acid groups (broad SMARTS) is 1. The Labute approximate surface area is 240 Å². The van der Waals surface area contributed by atoms with E-state index in [9.17, 15) is 13.2 Å². The molecule has 0 spiro atoms. The molecule has 1 saturated carbocycles. The Bertz CT molecular complexity index is 1370. The van der Waals surface area contributed by atoms with Crippen LogP contribution in [0.5, 0.6) is 0 Å². The summed E-state index contributed by atoms with van der Waals surface area (Å²) in [7, 11) is -3.78. The fourth-order valence-corrected chi connectivity index (χ4v) is 6.22. The molecule has 3 aromatic carbocycles. The number of nitrogens with one attached hydrogen (secondary N) is 1. The van der Waals surface area contributed by atoms with Gasteiger partial charge in [0.25, 0.3) is 0 Å². The van der Waals surface area contributed by atoms with Crippen LogP contribution in [-0.2, 0) is 19.7 Å². The molecule has 3 aromatic rings. The number of hydrogen-bond acceptors (Lipinski definition) is 5. The Hall–Kier alpha value is -3.46. The summed E-state index contributed by atoms with van der Waals surface area (Å²) in [6.45, 7) is 0. The van der Waals surface area contributed by atoms with Crippen molar-refractivity contribution in [2.24, 2.45) is 11.1 Å². The topological polar surface area (TPSA) is 105 Å². The Morgan fingerprint density at radius 1 is 1.00 bits per heavy atom. The van der Waals surface area contributed by atoms with Crippen LogP contribution in [0, 0.1) is 5.92 Å². The maximum absolute atomic E-state index is 13.2. The summed E-state index contributed by atoms with van der Waals surface area (Å²) < 4.78 is 29.2. The number of allylic oxidation sites excluding steroid dienone is 2. The number of carboxylic acids is 1. The van der Waals surface area contributed by atoms with Gasteiger partial charge in [-0.05, 0) is 67.5 Å². The minimum atomic E-state index is -3.78. The van der Waals surface area contributed by atoms with Crippen molar-refractivity contribution < 1.29 is 23.2 Å². The zero-order valence-electron chi connectivity index (χ0n) is 22.0. The maximum Gasteiger partial charge on any atom is 0.303 e. The molecule has 0 amide bonds. The summed E-state index contributed by atoms with van der Waals surface area (Å²) in [4.78, 5) is 17.1. The monoisotopic (exact) mass is 580 g/mol. The third-order valence-electron chi connectivity index (χ3n) is 6.85. The minimum absolute atomic E-state index is 0.109. The molecular formula is C31H33ClN2O5S. The fraction of sp³-hybridized carbons (Fsp3) is 0.290. The van der Waals surface area contributed by atoms with E-state index >= 15 is 0 Å². The molecule has 0 unspecified atom stereocenters. The van der Waals surface area contributed by atoms with Gasteiger partial charge in [0.2, 0.25) is 10.0 Å². The van der Waals surface area contributed by atoms with Crippen molar-refractivity contribution in [3.8, 4) is 0 Å². The predicted molar refractivity (Wildman–Crippen MR) is 157 cm³/mol. The summed E-state index contributed by atoms with van der Waals surface area (Å²) >= 11 is 5.95. The Morgan fingerprint density at radius 2 is 1.62 bits per heavy atom. The average Bonchev–Trinajstić information content (AvgIpc) is 3.32. The lowest BCUT2D eigenvalue weighted by Gasteiger charge is -2.21. The van der Waals surface area contributed by atoms with Gasteiger partial charge >= 0.3 is 5.97 Å². The van der Waals surface area contributed by atoms with Crippen LogP contribution in [0.25, 0.3) is 0 Å². The van der Waals surface area contributed by atoms with E-state index in [2.05, 4.69) is 9.88 Å². The molecule has 0 bridgehead atoms. The van der Waals surface area contributed by atoms with Crippen LogP contribution in [0.4, 0.5) is 0 Å². The minimum Gasteiger partial charge on any atom is -0.481 e. The number of aliphatic carboxylic acids is 1. The lowest BCUT2D eigenvalue weighted by Crippen LogP contribution is -2.38. The van der Waals surface area contributed by atoms with E-state index in [1.54, 1.807) is 12.1 Å². The lowest BCUT2D eigenvalue weighted by molar-refractivity contribution is -0.137. The van der Waals surface area contributed by atoms with Crippen LogP contribution in [0.3, 0.4) is 0 Å². The van der Waals surface area contributed by atoms with Gasteiger partial charge in [-0.15, -0.1) is 0 Å². The number of rotatable bonds is 13. The number of oxime groups is 1. The molecule has 210 valence electrons. The number of benzene rings is 3. The molecule has 1 aliphatic rings. The molecule has 2 atom stereocenters. The average molecular weight is 581 g/mol. The van der Waals surface area contributed by atoms with Gasteiger partial charge in [0.15, 0.2) is 6.10 Å². The number of carbonyl (C=O) groups is 1. The Morgan fingerprint density at radius 3 is 2.23 bits per heavy atom. The van der Waals surface area contributed by atoms with Crippen molar-refractivity contribution in [3.05, 3.63) is 113 Å². The highest BCUT2D eigenvalue weighted by atomic mass is 35.5. The van der Waals surface area contributed by atoms with Gasteiger partial charge < -0.3 is 9.94 Å². The normalized spacial score (nSPS) is 18.5. The van der Waals surface area contributed by atoms with Crippen LogP contribution < -0.4 is 4.72 Å². The van der Waals surface area contributed by atoms with Gasteiger partial charge in [0.05, 0.1) is 10.6 Å². The second-order valence-corrected chi connectivity index (χ2v) is 11.9. The van der Waals surface area contributed by atoms with E-state index in [0.717, 1.165) is 16.8 Å². The molecular weight excluding hydrogens is 548 g/mol. The molecule has 0 radical (unpaired) electrons. The van der Waals surface area contributed by atoms with E-state index in [1.165, 1.54) is 12.1 Å². The van der Waals surface area contributed by atoms with E-state index in [4.69, 9.17) is 21.5 Å². The predicted octanol–water partition coefficient (Wildman–Crippen LogP) is 6.76. The van der Waals surface area contributed by atoms with Crippen molar-refractivity contribution in [3.63, 3.8) is 0 Å². The van der Waals surface area contributed by atoms with Crippen LogP contribution in [0.1, 0.15) is 55.8 Å². The molecule has 4 rings (SSSR count). The lowest BCUT2D eigenvalue weighted by atomic mass is 9.98. The van der Waals surface area contributed by atoms with E-state index in [-0.39, 0.29) is 23.3 Å². The van der Waals surface area contributed by atoms with Gasteiger partial charge in [-0.3, -0.25) is 4.79 Å². The molecule has 2 N–H and O–H groups in total. The summed E-state index contributed by atoms with van der Waals surface area (Å²) in [5.74, 6) is -1.04. The van der Waals surface area contributed by atoms with E-state index < -0.39 is 22.1 Å². The summed E-state index contributed by atoms with van der Waals surface area (Å²) in [5, 5.41) is 13.9. The van der Waals surface area contributed by atoms with Crippen LogP contribution in [0.2, 0.25) is 5.02 Å². The Balaban J connectivity index is 1.55. The maximum atomic E-state index is 13.2. The highest BCUT2D eigenvalue weighted by molar-refractivity contribution is 7.89. The van der Waals surface area contributed by atoms with Crippen LogP contribution in [-0.4, -0.2) is 31.2 Å². The fourth-order valence-electron chi connectivity index (χ4n) is 4.78. The molecule has 0 aliphatic heterocycles. The second kappa shape index (κ2) is 14.3. The third kappa shape index (κ3) is 8.27. The van der Waals surface area contributed by atoms with Crippen molar-refractivity contribution in [2.45, 2.75) is 55.6 Å². The van der Waals surface area contributed by atoms with Gasteiger partial charge in [-0.2, -0.15) is 0 Å². The highest BCUT2D eigenvalue weighted by Gasteiger charge is 2.36. The number of hydrogen-bond donors (Lipinski definition) is 2. The molecule has 0 saturated heterocycles. The number of nitrogens with zero attached hydrogens (tertiary/aromatic N) is 1. The van der Waals surface area contributed by atoms with Crippen molar-refractivity contribution in [2.75, 3.05) is 0 Å². The SMILES string of the molecule is O=C(O)CCC/C=C\C[C@H]1/C(=N/OC(c2ccccc2)c2ccccc2)CC[C@@H]1NS(=O)(=O)c1ccc(Cl)cc1. The zero-order chi connectivity index (χ0) is 28.4. The first-order chi connectivity index (χ1) is 19.3. The molecule has 7 nitrogen and oxygen atoms in total. The standard InChI is InChI=1S/C31H33ClN2O5S/c32-25-17-19-26(20-18-25)40(37,38)34-29-22-21-28(27(29)15-9-1-2-10-16-30(35)36)33-39-31(23-11-5-3-6-12-23)24-13-7-4-8-14-24/h1,3-9,11-14,17-20,27,29,31,34H,2,10,15-16,21-22H2,(H,35,36)/b9-1-,33-28+/t27-,29-/m0/s1. The summed E-state index contributed by atoms with van der Waals surface area (Å²) in [6, 6.07) is 25.4. The molecule has 40 heavy (non-hydrogen) atoms. The molecule has 1 aliphatic carbocycles. The third-order valence-corrected chi connectivity index (χ3v) is 8.61. The smallest absolute Gasteiger partial charge is 0.303 e. The van der Waals surface area contributed by atoms with Gasteiger partial charge in [-0.1, -0.05) is 89.6 Å². The quantitative estimate of drug-likeness (QED) is 0.132. The van der Waals surface area contributed by atoms with Gasteiger partial charge in [-0.25, -0.2) is 13.1 Å². The molecule has 0 aromatic heterocycles. The largest absolute Gasteiger partial charge is 0.481 e. The number of halogens is 1. The van der Waals surface area contributed by atoms with Gasteiger partial charge in [0.1, 0.15) is 0 Å². The number of unbranched alkanes of at least 4 members (excludes halogenated alkanes) is 1. The van der Waals surface area contributed by atoms with Crippen molar-refractivity contribution in [1.29, 1.82) is 0 Å². The number of sulfonamides is 1. The van der Waals surface area contributed by atoms with E-state index in [1.807, 2.05) is 72.8 Å². The Kier molecular flexibility index (Phi) is 10.5. The van der Waals surface area contributed by atoms with Crippen molar-refractivity contribution >= 4 is 33.3 Å².